The van der Waals surface area contributed by atoms with Crippen LogP contribution in [0.4, 0.5) is 5.69 Å². The number of hydrogen-bond acceptors (Lipinski definition) is 7. The number of oxazole rings is 1. The number of hydrogen-bond donors (Lipinski definition) is 1. The molecule has 9 nitrogen and oxygen atoms in total. The van der Waals surface area contributed by atoms with Gasteiger partial charge < -0.3 is 24.3 Å². The molecule has 0 radical (unpaired) electrons. The van der Waals surface area contributed by atoms with Gasteiger partial charge in [0, 0.05) is 62.4 Å². The van der Waals surface area contributed by atoms with Crippen LogP contribution in [-0.4, -0.2) is 60.0 Å². The Kier molecular flexibility index (Phi) is 7.78. The molecule has 2 saturated heterocycles. The fourth-order valence-corrected chi connectivity index (χ4v) is 5.60. The summed E-state index contributed by atoms with van der Waals surface area (Å²) >= 11 is 0. The van der Waals surface area contributed by atoms with E-state index in [1.807, 2.05) is 12.1 Å². The summed E-state index contributed by atoms with van der Waals surface area (Å²) in [7, 11) is 0. The van der Waals surface area contributed by atoms with Gasteiger partial charge in [0.25, 0.3) is 11.8 Å². The molecule has 0 saturated carbocycles. The molecule has 2 aliphatic rings. The monoisotopic (exact) mass is 563 g/mol. The summed E-state index contributed by atoms with van der Waals surface area (Å²) in [5.74, 6) is 0.287. The second-order valence-electron chi connectivity index (χ2n) is 11.0. The van der Waals surface area contributed by atoms with Crippen molar-refractivity contribution in [2.45, 2.75) is 44.8 Å². The van der Waals surface area contributed by atoms with E-state index < -0.39 is 0 Å². The number of aromatic nitrogens is 1. The third-order valence-corrected chi connectivity index (χ3v) is 8.08. The topological polar surface area (TPSA) is 112 Å². The summed E-state index contributed by atoms with van der Waals surface area (Å²) in [5.41, 5.74) is 4.69. The van der Waals surface area contributed by atoms with Crippen molar-refractivity contribution in [1.82, 2.24) is 15.2 Å². The molecule has 214 valence electrons. The third kappa shape index (κ3) is 6.08. The number of piperidine rings is 2. The molecule has 2 aliphatic heterocycles. The van der Waals surface area contributed by atoms with Gasteiger partial charge in [-0.1, -0.05) is 17.7 Å². The SMILES string of the molecule is Cc1ccc(N2CCC(Oc3ccc4nc(C(=O)NC5CCN(C(=O)c6ccc(C#N)cc6)CC5)oc4c3)CC2)cc1. The summed E-state index contributed by atoms with van der Waals surface area (Å²) in [4.78, 5) is 34.3. The van der Waals surface area contributed by atoms with Crippen molar-refractivity contribution >= 4 is 28.6 Å². The minimum Gasteiger partial charge on any atom is -0.490 e. The number of carbonyl (C=O) groups excluding carboxylic acids is 2. The molecule has 0 spiro atoms. The predicted octanol–water partition coefficient (Wildman–Crippen LogP) is 5.09. The maximum Gasteiger partial charge on any atom is 0.307 e. The molecule has 0 unspecified atom stereocenters. The first-order valence-electron chi connectivity index (χ1n) is 14.4. The van der Waals surface area contributed by atoms with E-state index in [1.165, 1.54) is 11.3 Å². The number of ether oxygens (including phenoxy) is 1. The Balaban J connectivity index is 1.000. The molecule has 4 aromatic rings. The van der Waals surface area contributed by atoms with Crippen LogP contribution >= 0.6 is 0 Å². The number of rotatable bonds is 6. The molecule has 0 bridgehead atoms. The van der Waals surface area contributed by atoms with Crippen molar-refractivity contribution in [2.75, 3.05) is 31.1 Å². The minimum atomic E-state index is -0.367. The highest BCUT2D eigenvalue weighted by Gasteiger charge is 2.27. The van der Waals surface area contributed by atoms with Crippen LogP contribution in [-0.2, 0) is 0 Å². The maximum atomic E-state index is 12.9. The Hall–Kier alpha value is -4.84. The first-order valence-corrected chi connectivity index (χ1v) is 14.4. The number of nitriles is 1. The molecular weight excluding hydrogens is 530 g/mol. The molecule has 9 heteroatoms. The number of amides is 2. The number of nitrogens with zero attached hydrogens (tertiary/aromatic N) is 4. The third-order valence-electron chi connectivity index (χ3n) is 8.08. The summed E-state index contributed by atoms with van der Waals surface area (Å²) < 4.78 is 12.1. The number of fused-ring (bicyclic) bond motifs is 1. The van der Waals surface area contributed by atoms with Gasteiger partial charge in [0.1, 0.15) is 17.4 Å². The van der Waals surface area contributed by atoms with Crippen LogP contribution in [0, 0.1) is 18.3 Å². The zero-order valence-corrected chi connectivity index (χ0v) is 23.6. The Labute approximate surface area is 244 Å². The first-order chi connectivity index (χ1) is 20.4. The Morgan fingerprint density at radius 2 is 1.67 bits per heavy atom. The van der Waals surface area contributed by atoms with Gasteiger partial charge in [0.15, 0.2) is 5.58 Å². The molecule has 0 atom stereocenters. The van der Waals surface area contributed by atoms with Crippen LogP contribution in [0.3, 0.4) is 0 Å². The van der Waals surface area contributed by atoms with Gasteiger partial charge in [-0.2, -0.15) is 5.26 Å². The first kappa shape index (κ1) is 27.3. The van der Waals surface area contributed by atoms with Crippen molar-refractivity contribution in [3.8, 4) is 11.8 Å². The number of nitrogens with one attached hydrogen (secondary N) is 1. The molecular formula is C33H33N5O4. The lowest BCUT2D eigenvalue weighted by molar-refractivity contribution is 0.0695. The summed E-state index contributed by atoms with van der Waals surface area (Å²) in [6.07, 6.45) is 3.23. The van der Waals surface area contributed by atoms with Crippen LogP contribution in [0.2, 0.25) is 0 Å². The highest BCUT2D eigenvalue weighted by Crippen LogP contribution is 2.27. The van der Waals surface area contributed by atoms with Gasteiger partial charge in [-0.25, -0.2) is 4.98 Å². The average Bonchev–Trinajstić information content (AvgIpc) is 3.46. The summed E-state index contributed by atoms with van der Waals surface area (Å²) in [6.45, 7) is 5.03. The van der Waals surface area contributed by atoms with E-state index in [0.717, 1.165) is 25.9 Å². The summed E-state index contributed by atoms with van der Waals surface area (Å²) in [6, 6.07) is 22.7. The molecule has 42 heavy (non-hydrogen) atoms. The molecule has 0 aliphatic carbocycles. The van der Waals surface area contributed by atoms with Crippen LogP contribution in [0.15, 0.2) is 71.1 Å². The van der Waals surface area contributed by atoms with Gasteiger partial charge in [-0.05, 0) is 68.3 Å². The van der Waals surface area contributed by atoms with Gasteiger partial charge in [0.05, 0.1) is 11.6 Å². The summed E-state index contributed by atoms with van der Waals surface area (Å²) in [5, 5.41) is 12.0. The predicted molar refractivity (Wildman–Crippen MR) is 159 cm³/mol. The zero-order valence-electron chi connectivity index (χ0n) is 23.6. The van der Waals surface area contributed by atoms with Crippen LogP contribution in [0.25, 0.3) is 11.1 Å². The lowest BCUT2D eigenvalue weighted by Crippen LogP contribution is -2.46. The van der Waals surface area contributed by atoms with Gasteiger partial charge in [-0.15, -0.1) is 0 Å². The number of likely N-dealkylation sites (tertiary alicyclic amines) is 1. The largest absolute Gasteiger partial charge is 0.490 e. The van der Waals surface area contributed by atoms with Crippen LogP contribution in [0.5, 0.6) is 5.75 Å². The number of carbonyl (C=O) groups is 2. The van der Waals surface area contributed by atoms with Crippen molar-refractivity contribution in [2.24, 2.45) is 0 Å². The average molecular weight is 564 g/mol. The van der Waals surface area contributed by atoms with Crippen LogP contribution < -0.4 is 15.0 Å². The van der Waals surface area contributed by atoms with E-state index >= 15 is 0 Å². The Bertz CT molecular complexity index is 1610. The quantitative estimate of drug-likeness (QED) is 0.348. The second-order valence-corrected chi connectivity index (χ2v) is 11.0. The molecule has 1 aromatic heterocycles. The number of anilines is 1. The highest BCUT2D eigenvalue weighted by molar-refractivity contribution is 5.94. The van der Waals surface area contributed by atoms with Gasteiger partial charge >= 0.3 is 5.91 Å². The van der Waals surface area contributed by atoms with E-state index in [0.29, 0.717) is 53.9 Å². The highest BCUT2D eigenvalue weighted by atomic mass is 16.5. The molecule has 6 rings (SSSR count). The van der Waals surface area contributed by atoms with Gasteiger partial charge in [-0.3, -0.25) is 9.59 Å². The van der Waals surface area contributed by atoms with Crippen molar-refractivity contribution in [1.29, 1.82) is 5.26 Å². The van der Waals surface area contributed by atoms with Gasteiger partial charge in [0.2, 0.25) is 0 Å². The molecule has 2 amide bonds. The van der Waals surface area contributed by atoms with E-state index in [4.69, 9.17) is 14.4 Å². The van der Waals surface area contributed by atoms with Crippen molar-refractivity contribution in [3.63, 3.8) is 0 Å². The molecule has 1 N–H and O–H groups in total. The lowest BCUT2D eigenvalue weighted by atomic mass is 10.0. The van der Waals surface area contributed by atoms with Crippen molar-refractivity contribution < 1.29 is 18.7 Å². The van der Waals surface area contributed by atoms with E-state index in [2.05, 4.69) is 52.5 Å². The molecule has 2 fully saturated rings. The standard InChI is InChI=1S/C33H33N5O4/c1-22-2-8-26(9-3-22)37-18-14-27(15-19-37)41-28-10-11-29-30(20-28)42-32(36-29)31(39)35-25-12-16-38(17-13-25)33(40)24-6-4-23(21-34)5-7-24/h2-11,20,25,27H,12-19H2,1H3,(H,35,39). The van der Waals surface area contributed by atoms with E-state index in [-0.39, 0.29) is 29.9 Å². The van der Waals surface area contributed by atoms with E-state index in [9.17, 15) is 9.59 Å². The minimum absolute atomic E-state index is 0.0182. The Morgan fingerprint density at radius 1 is 0.952 bits per heavy atom. The molecule has 3 aromatic carbocycles. The maximum absolute atomic E-state index is 12.9. The number of aryl methyl sites for hydroxylation is 1. The fraction of sp³-hybridized carbons (Fsp3) is 0.333. The number of benzene rings is 3. The second kappa shape index (κ2) is 12.0. The Morgan fingerprint density at radius 3 is 2.36 bits per heavy atom. The van der Waals surface area contributed by atoms with Crippen LogP contribution in [0.1, 0.15) is 57.9 Å². The smallest absolute Gasteiger partial charge is 0.307 e. The zero-order chi connectivity index (χ0) is 29.1. The van der Waals surface area contributed by atoms with Crippen molar-refractivity contribution in [3.05, 3.63) is 89.3 Å². The fourth-order valence-electron chi connectivity index (χ4n) is 5.60. The molecule has 3 heterocycles. The van der Waals surface area contributed by atoms with E-state index in [1.54, 1.807) is 35.2 Å². The normalized spacial score (nSPS) is 16.3. The lowest BCUT2D eigenvalue weighted by Gasteiger charge is -2.33.